The number of ether oxygens (including phenoxy) is 7. The molecule has 4 aromatic carbocycles. The van der Waals surface area contributed by atoms with Crippen molar-refractivity contribution in [3.8, 4) is 0 Å². The Labute approximate surface area is 443 Å². The van der Waals surface area contributed by atoms with Crippen molar-refractivity contribution in [2.75, 3.05) is 54.1 Å². The lowest BCUT2D eigenvalue weighted by Crippen LogP contribution is -2.62. The van der Waals surface area contributed by atoms with Gasteiger partial charge >= 0.3 is 5.97 Å². The third-order valence-electron chi connectivity index (χ3n) is 13.0. The molecule has 1 aliphatic heterocycles. The van der Waals surface area contributed by atoms with Crippen LogP contribution in [-0.4, -0.2) is 101 Å². The minimum absolute atomic E-state index is 0.0795. The molecule has 0 aromatic heterocycles. The molecule has 1 fully saturated rings. The highest BCUT2D eigenvalue weighted by molar-refractivity contribution is 7.45. The van der Waals surface area contributed by atoms with E-state index in [1.165, 1.54) is 70.6 Å². The van der Waals surface area contributed by atoms with Crippen LogP contribution >= 0.6 is 7.82 Å². The van der Waals surface area contributed by atoms with Crippen molar-refractivity contribution in [2.45, 2.75) is 173 Å². The van der Waals surface area contributed by atoms with E-state index in [9.17, 15) is 14.3 Å². The molecule has 0 N–H and O–H groups in total. The highest BCUT2D eigenvalue weighted by Crippen LogP contribution is 2.39. The largest absolute Gasteiger partial charge is 0.756 e. The van der Waals surface area contributed by atoms with Crippen molar-refractivity contribution < 1.29 is 60.9 Å². The summed E-state index contributed by atoms with van der Waals surface area (Å²) < 4.78 is 70.8. The van der Waals surface area contributed by atoms with Gasteiger partial charge in [-0.2, -0.15) is 0 Å². The molecule has 1 unspecified atom stereocenters. The monoisotopic (exact) mass is 1050 g/mol. The molecule has 0 bridgehead atoms. The van der Waals surface area contributed by atoms with E-state index in [0.29, 0.717) is 24.1 Å². The summed E-state index contributed by atoms with van der Waals surface area (Å²) in [6.07, 6.45) is 12.9. The maximum Gasteiger partial charge on any atom is 0.305 e. The van der Waals surface area contributed by atoms with Crippen LogP contribution in [0.25, 0.3) is 0 Å². The van der Waals surface area contributed by atoms with Crippen molar-refractivity contribution in [3.63, 3.8) is 0 Å². The molecule has 0 spiro atoms. The van der Waals surface area contributed by atoms with E-state index in [2.05, 4.69) is 6.92 Å². The molecule has 0 radical (unpaired) electrons. The molecule has 0 amide bonds. The smallest absolute Gasteiger partial charge is 0.305 e. The number of nitrogens with zero attached hydrogens (tertiary/aromatic N) is 1. The van der Waals surface area contributed by atoms with Crippen LogP contribution in [-0.2, 0) is 78.0 Å². The summed E-state index contributed by atoms with van der Waals surface area (Å²) in [5.74, 6) is -0.412. The summed E-state index contributed by atoms with van der Waals surface area (Å²) in [5, 5.41) is 0. The second kappa shape index (κ2) is 35.5. The first-order valence-corrected chi connectivity index (χ1v) is 28.9. The zero-order valence-electron chi connectivity index (χ0n) is 45.0. The van der Waals surface area contributed by atoms with Gasteiger partial charge in [0.15, 0.2) is 6.29 Å². The minimum atomic E-state index is -4.83. The molecule has 14 heteroatoms. The molecule has 5 rings (SSSR count). The Morgan fingerprint density at radius 3 is 1.47 bits per heavy atom. The lowest BCUT2D eigenvalue weighted by atomic mass is 9.97. The van der Waals surface area contributed by atoms with Crippen LogP contribution in [0.5, 0.6) is 0 Å². The Hall–Kier alpha value is -3.82. The molecule has 0 saturated carbocycles. The van der Waals surface area contributed by atoms with Crippen LogP contribution in [0.2, 0.25) is 0 Å². The average molecular weight is 1050 g/mol. The number of carbonyl (C=O) groups is 1. The van der Waals surface area contributed by atoms with Crippen molar-refractivity contribution in [1.29, 1.82) is 0 Å². The number of unbranched alkanes of at least 4 members (excludes halogenated alkanes) is 14. The molecule has 1 heterocycles. The molecule has 1 aliphatic rings. The number of carbonyl (C=O) groups excluding carboxylic acids is 1. The first kappa shape index (κ1) is 61.0. The molecular weight excluding hydrogens is 958 g/mol. The number of phosphoric acid groups is 1. The maximum absolute atomic E-state index is 13.4. The van der Waals surface area contributed by atoms with Gasteiger partial charge in [0.05, 0.1) is 60.8 Å². The van der Waals surface area contributed by atoms with Crippen LogP contribution in [0.4, 0.5) is 0 Å². The first-order chi connectivity index (χ1) is 36.0. The third kappa shape index (κ3) is 25.8. The fourth-order valence-electron chi connectivity index (χ4n) is 8.71. The quantitative estimate of drug-likeness (QED) is 0.0181. The number of quaternary nitrogens is 1. The van der Waals surface area contributed by atoms with Crippen molar-refractivity contribution in [2.24, 2.45) is 0 Å². The Balaban J connectivity index is 1.32. The van der Waals surface area contributed by atoms with Gasteiger partial charge in [-0.05, 0) is 28.7 Å². The number of likely N-dealkylation sites (N-methyl/N-ethyl adjacent to an activating group) is 1. The van der Waals surface area contributed by atoms with Crippen LogP contribution in [0.3, 0.4) is 0 Å². The minimum Gasteiger partial charge on any atom is -0.756 e. The molecule has 1 saturated heterocycles. The summed E-state index contributed by atoms with van der Waals surface area (Å²) in [4.78, 5) is 26.6. The Morgan fingerprint density at radius 2 is 1.00 bits per heavy atom. The zero-order valence-corrected chi connectivity index (χ0v) is 45.9. The van der Waals surface area contributed by atoms with Crippen LogP contribution < -0.4 is 4.89 Å². The predicted octanol–water partition coefficient (Wildman–Crippen LogP) is 12.1. The molecular formula is C60H88NO12P. The van der Waals surface area contributed by atoms with Crippen LogP contribution in [0, 0.1) is 0 Å². The number of esters is 1. The SMILES string of the molecule is CCCCCCCCCCCCCCCCCC(=O)OC[C@H](COP(=O)([O-])OCC[N+](C)(C)C)O[C@H]1O[C@H](COCc2ccccc2)[C@@H](OCc2ccccc2)[C@H](OCc2ccccc2)[C@H]1OCc1ccccc1. The van der Waals surface area contributed by atoms with Gasteiger partial charge in [-0.1, -0.05) is 218 Å². The summed E-state index contributed by atoms with van der Waals surface area (Å²) in [7, 11) is 0.984. The van der Waals surface area contributed by atoms with Gasteiger partial charge in [0.1, 0.15) is 50.3 Å². The number of hydrogen-bond donors (Lipinski definition) is 0. The van der Waals surface area contributed by atoms with Gasteiger partial charge < -0.3 is 51.6 Å². The third-order valence-corrected chi connectivity index (χ3v) is 14.0. The van der Waals surface area contributed by atoms with E-state index < -0.39 is 57.2 Å². The second-order valence-corrected chi connectivity index (χ2v) is 22.0. The predicted molar refractivity (Wildman–Crippen MR) is 288 cm³/mol. The average Bonchev–Trinajstić information content (AvgIpc) is 3.40. The number of phosphoric ester groups is 1. The molecule has 0 aliphatic carbocycles. The highest BCUT2D eigenvalue weighted by Gasteiger charge is 2.50. The Morgan fingerprint density at radius 1 is 0.568 bits per heavy atom. The normalized spacial score (nSPS) is 19.2. The van der Waals surface area contributed by atoms with Gasteiger partial charge in [-0.15, -0.1) is 0 Å². The fourth-order valence-corrected chi connectivity index (χ4v) is 9.44. The number of benzene rings is 4. The van der Waals surface area contributed by atoms with E-state index in [0.717, 1.165) is 41.5 Å². The van der Waals surface area contributed by atoms with Gasteiger partial charge in [0, 0.05) is 6.42 Å². The second-order valence-electron chi connectivity index (χ2n) is 20.6. The van der Waals surface area contributed by atoms with Crippen LogP contribution in [0.15, 0.2) is 121 Å². The van der Waals surface area contributed by atoms with E-state index >= 15 is 0 Å². The fraction of sp³-hybridized carbons (Fsp3) is 0.583. The lowest BCUT2D eigenvalue weighted by Gasteiger charge is -2.46. The van der Waals surface area contributed by atoms with Crippen molar-refractivity contribution in [3.05, 3.63) is 144 Å². The molecule has 7 atom stereocenters. The van der Waals surface area contributed by atoms with E-state index in [1.54, 1.807) is 0 Å². The topological polar surface area (TPSA) is 140 Å². The van der Waals surface area contributed by atoms with Gasteiger partial charge in [-0.25, -0.2) is 0 Å². The number of hydrogen-bond acceptors (Lipinski definition) is 12. The highest BCUT2D eigenvalue weighted by atomic mass is 31.2. The van der Waals surface area contributed by atoms with Crippen molar-refractivity contribution >= 4 is 13.8 Å². The first-order valence-electron chi connectivity index (χ1n) is 27.4. The van der Waals surface area contributed by atoms with Crippen molar-refractivity contribution in [1.82, 2.24) is 0 Å². The zero-order chi connectivity index (χ0) is 52.5. The van der Waals surface area contributed by atoms with Gasteiger partial charge in [0.25, 0.3) is 7.82 Å². The summed E-state index contributed by atoms with van der Waals surface area (Å²) in [6, 6.07) is 39.3. The molecule has 4 aromatic rings. The van der Waals surface area contributed by atoms with Gasteiger partial charge in [-0.3, -0.25) is 9.36 Å². The standard InChI is InChI=1S/C60H88NO12P/c1-5-6-7-8-9-10-11-12-13-14-15-16-17-18-31-40-56(62)66-47-54(48-71-74(63,64)70-42-41-61(2,3)4)72-60-59(69-46-53-38-29-22-30-39-53)58(68-45-52-36-27-21-28-37-52)57(67-44-51-34-25-20-26-35-51)55(73-60)49-65-43-50-32-23-19-24-33-50/h19-30,32-39,54-55,57-60H,5-18,31,40-49H2,1-4H3/t54-,55-,57-,58+,59-,60+/m1/s1. The molecule has 74 heavy (non-hydrogen) atoms. The van der Waals surface area contributed by atoms with E-state index in [-0.39, 0.29) is 46.1 Å². The Kier molecular flexibility index (Phi) is 29.3. The maximum atomic E-state index is 13.4. The lowest BCUT2D eigenvalue weighted by molar-refractivity contribution is -0.870. The summed E-state index contributed by atoms with van der Waals surface area (Å²) in [6.45, 7) is 2.75. The molecule has 410 valence electrons. The summed E-state index contributed by atoms with van der Waals surface area (Å²) >= 11 is 0. The van der Waals surface area contributed by atoms with E-state index in [4.69, 9.17) is 42.2 Å². The number of rotatable bonds is 40. The molecule has 13 nitrogen and oxygen atoms in total. The van der Waals surface area contributed by atoms with E-state index in [1.807, 2.05) is 142 Å². The summed E-state index contributed by atoms with van der Waals surface area (Å²) in [5.41, 5.74) is 3.76. The Bertz CT molecular complexity index is 2080. The van der Waals surface area contributed by atoms with Gasteiger partial charge in [0.2, 0.25) is 0 Å². The van der Waals surface area contributed by atoms with Crippen LogP contribution in [0.1, 0.15) is 132 Å².